The second-order valence-corrected chi connectivity index (χ2v) is 3.48. The molecule has 0 rings (SSSR count). The molecule has 15 heavy (non-hydrogen) atoms. The number of rotatable bonds is 8. The number of Topliss-reactive ketones (excluding diaryl/α,β-unsaturated/α-hetero) is 1. The van der Waals surface area contributed by atoms with Gasteiger partial charge in [0.1, 0.15) is 5.78 Å². The van der Waals surface area contributed by atoms with Crippen LogP contribution < -0.4 is 5.73 Å². The van der Waals surface area contributed by atoms with Gasteiger partial charge in [0.05, 0.1) is 12.5 Å². The summed E-state index contributed by atoms with van der Waals surface area (Å²) in [5.74, 6) is -1.77. The maximum Gasteiger partial charge on any atom is 0.307 e. The number of allylic oxidation sites excluding steroid dienone is 2. The molecule has 0 aliphatic rings. The van der Waals surface area contributed by atoms with Crippen LogP contribution in [0.1, 0.15) is 32.6 Å². The molecule has 0 radical (unpaired) electrons. The Kier molecular flexibility index (Phi) is 7.54. The van der Waals surface area contributed by atoms with Gasteiger partial charge in [-0.25, -0.2) is 0 Å². The van der Waals surface area contributed by atoms with Crippen LogP contribution in [-0.2, 0) is 9.59 Å². The molecule has 4 nitrogen and oxygen atoms in total. The van der Waals surface area contributed by atoms with Gasteiger partial charge in [0.25, 0.3) is 0 Å². The Morgan fingerprint density at radius 1 is 1.40 bits per heavy atom. The van der Waals surface area contributed by atoms with Crippen LogP contribution in [0.3, 0.4) is 0 Å². The number of hydrogen-bond donors (Lipinski definition) is 2. The molecule has 0 aliphatic heterocycles. The van der Waals surface area contributed by atoms with E-state index in [1.54, 1.807) is 0 Å². The largest absolute Gasteiger partial charge is 0.481 e. The second-order valence-electron chi connectivity index (χ2n) is 3.48. The molecule has 0 saturated carbocycles. The number of carboxylic acid groups (broad SMARTS) is 1. The zero-order valence-electron chi connectivity index (χ0n) is 9.11. The second kappa shape index (κ2) is 8.17. The van der Waals surface area contributed by atoms with Gasteiger partial charge in [-0.05, 0) is 12.8 Å². The standard InChI is InChI=1S/C11H19NO3/c1-2-3-4-5-6-9(11(14)15)7-10(13)8-12/h4-5,9H,2-3,6-8,12H2,1H3,(H,14,15). The molecule has 0 amide bonds. The summed E-state index contributed by atoms with van der Waals surface area (Å²) in [4.78, 5) is 21.8. The summed E-state index contributed by atoms with van der Waals surface area (Å²) in [6.07, 6.45) is 6.19. The van der Waals surface area contributed by atoms with Gasteiger partial charge >= 0.3 is 5.97 Å². The molecule has 0 bridgehead atoms. The first-order valence-electron chi connectivity index (χ1n) is 5.21. The summed E-state index contributed by atoms with van der Waals surface area (Å²) in [5.41, 5.74) is 5.14. The van der Waals surface area contributed by atoms with Gasteiger partial charge in [0.15, 0.2) is 0 Å². The van der Waals surface area contributed by atoms with Gasteiger partial charge in [-0.1, -0.05) is 25.5 Å². The monoisotopic (exact) mass is 213 g/mol. The fourth-order valence-corrected chi connectivity index (χ4v) is 1.17. The Morgan fingerprint density at radius 3 is 2.53 bits per heavy atom. The molecular formula is C11H19NO3. The van der Waals surface area contributed by atoms with Crippen LogP contribution in [0.15, 0.2) is 12.2 Å². The van der Waals surface area contributed by atoms with Crippen LogP contribution in [0.5, 0.6) is 0 Å². The lowest BCUT2D eigenvalue weighted by Crippen LogP contribution is -2.22. The van der Waals surface area contributed by atoms with E-state index in [4.69, 9.17) is 10.8 Å². The van der Waals surface area contributed by atoms with Gasteiger partial charge in [-0.2, -0.15) is 0 Å². The normalized spacial score (nSPS) is 12.9. The number of carbonyl (C=O) groups excluding carboxylic acids is 1. The van der Waals surface area contributed by atoms with Crippen LogP contribution in [-0.4, -0.2) is 23.4 Å². The number of hydrogen-bond acceptors (Lipinski definition) is 3. The van der Waals surface area contributed by atoms with Crippen molar-refractivity contribution in [3.63, 3.8) is 0 Å². The Labute approximate surface area is 90.2 Å². The smallest absolute Gasteiger partial charge is 0.307 e. The van der Waals surface area contributed by atoms with Crippen LogP contribution in [0.25, 0.3) is 0 Å². The summed E-state index contributed by atoms with van der Waals surface area (Å²) in [6.45, 7) is 1.97. The molecule has 1 unspecified atom stereocenters. The molecule has 0 heterocycles. The van der Waals surface area contributed by atoms with E-state index in [-0.39, 0.29) is 18.7 Å². The molecule has 0 spiro atoms. The van der Waals surface area contributed by atoms with Crippen molar-refractivity contribution in [3.05, 3.63) is 12.2 Å². The third kappa shape index (κ3) is 6.85. The minimum Gasteiger partial charge on any atom is -0.481 e. The van der Waals surface area contributed by atoms with E-state index in [0.717, 1.165) is 12.8 Å². The van der Waals surface area contributed by atoms with Crippen molar-refractivity contribution in [2.45, 2.75) is 32.6 Å². The first-order chi connectivity index (χ1) is 7.11. The molecule has 0 aromatic rings. The highest BCUT2D eigenvalue weighted by atomic mass is 16.4. The highest BCUT2D eigenvalue weighted by Crippen LogP contribution is 2.10. The quantitative estimate of drug-likeness (QED) is 0.596. The topological polar surface area (TPSA) is 80.4 Å². The van der Waals surface area contributed by atoms with Crippen molar-refractivity contribution in [2.24, 2.45) is 11.7 Å². The molecule has 0 aliphatic carbocycles. The first-order valence-corrected chi connectivity index (χ1v) is 5.21. The molecular weight excluding hydrogens is 194 g/mol. The molecule has 0 aromatic carbocycles. The average molecular weight is 213 g/mol. The minimum atomic E-state index is -0.932. The molecule has 0 aromatic heterocycles. The van der Waals surface area contributed by atoms with E-state index in [0.29, 0.717) is 6.42 Å². The Bertz CT molecular complexity index is 236. The van der Waals surface area contributed by atoms with Gasteiger partial charge < -0.3 is 10.8 Å². The Morgan fingerprint density at radius 2 is 2.07 bits per heavy atom. The number of aliphatic carboxylic acids is 1. The van der Waals surface area contributed by atoms with Crippen molar-refractivity contribution in [3.8, 4) is 0 Å². The fraction of sp³-hybridized carbons (Fsp3) is 0.636. The summed E-state index contributed by atoms with van der Waals surface area (Å²) in [7, 11) is 0. The lowest BCUT2D eigenvalue weighted by atomic mass is 9.98. The van der Waals surface area contributed by atoms with Crippen molar-refractivity contribution in [2.75, 3.05) is 6.54 Å². The SMILES string of the molecule is CCCC=CCC(CC(=O)CN)C(=O)O. The van der Waals surface area contributed by atoms with Gasteiger partial charge in [0, 0.05) is 6.42 Å². The summed E-state index contributed by atoms with van der Waals surface area (Å²) in [6, 6.07) is 0. The van der Waals surface area contributed by atoms with Gasteiger partial charge in [-0.3, -0.25) is 9.59 Å². The fourth-order valence-electron chi connectivity index (χ4n) is 1.17. The Hall–Kier alpha value is -1.16. The van der Waals surface area contributed by atoms with E-state index in [9.17, 15) is 9.59 Å². The van der Waals surface area contributed by atoms with Crippen LogP contribution in [0.2, 0.25) is 0 Å². The number of nitrogens with two attached hydrogens (primary N) is 1. The zero-order valence-corrected chi connectivity index (χ0v) is 9.11. The summed E-state index contributed by atoms with van der Waals surface area (Å²) in [5, 5.41) is 8.85. The third-order valence-electron chi connectivity index (χ3n) is 2.09. The maximum absolute atomic E-state index is 11.0. The maximum atomic E-state index is 11.0. The molecule has 0 saturated heterocycles. The molecule has 4 heteroatoms. The van der Waals surface area contributed by atoms with Crippen molar-refractivity contribution >= 4 is 11.8 Å². The summed E-state index contributed by atoms with van der Waals surface area (Å²) >= 11 is 0. The Balaban J connectivity index is 4.05. The number of unbranched alkanes of at least 4 members (excludes halogenated alkanes) is 1. The van der Waals surface area contributed by atoms with Crippen molar-refractivity contribution < 1.29 is 14.7 Å². The first kappa shape index (κ1) is 13.8. The predicted octanol–water partition coefficient (Wildman–Crippen LogP) is 1.35. The minimum absolute atomic E-state index is 0.0301. The van der Waals surface area contributed by atoms with E-state index >= 15 is 0 Å². The van der Waals surface area contributed by atoms with E-state index < -0.39 is 11.9 Å². The summed E-state index contributed by atoms with van der Waals surface area (Å²) < 4.78 is 0. The molecule has 86 valence electrons. The van der Waals surface area contributed by atoms with Gasteiger partial charge in [0.2, 0.25) is 0 Å². The van der Waals surface area contributed by atoms with Crippen molar-refractivity contribution in [1.82, 2.24) is 0 Å². The predicted molar refractivity (Wildman–Crippen MR) is 58.5 cm³/mol. The number of carboxylic acids is 1. The van der Waals surface area contributed by atoms with E-state index in [2.05, 4.69) is 6.92 Å². The highest BCUT2D eigenvalue weighted by Gasteiger charge is 2.18. The molecule has 3 N–H and O–H groups in total. The van der Waals surface area contributed by atoms with Crippen LogP contribution >= 0.6 is 0 Å². The van der Waals surface area contributed by atoms with Gasteiger partial charge in [-0.15, -0.1) is 0 Å². The van der Waals surface area contributed by atoms with Crippen LogP contribution in [0, 0.1) is 5.92 Å². The number of carbonyl (C=O) groups is 2. The van der Waals surface area contributed by atoms with Crippen molar-refractivity contribution in [1.29, 1.82) is 0 Å². The lowest BCUT2D eigenvalue weighted by Gasteiger charge is -2.07. The number of ketones is 1. The highest BCUT2D eigenvalue weighted by molar-refractivity contribution is 5.85. The average Bonchev–Trinajstić information content (AvgIpc) is 2.21. The molecule has 0 fully saturated rings. The third-order valence-corrected chi connectivity index (χ3v) is 2.09. The lowest BCUT2D eigenvalue weighted by molar-refractivity contribution is -0.143. The molecule has 1 atom stereocenters. The zero-order chi connectivity index (χ0) is 11.7. The van der Waals surface area contributed by atoms with Crippen LogP contribution in [0.4, 0.5) is 0 Å². The van der Waals surface area contributed by atoms with E-state index in [1.807, 2.05) is 12.2 Å². The van der Waals surface area contributed by atoms with E-state index in [1.165, 1.54) is 0 Å².